The molecule has 1 aromatic rings. The second-order valence-electron chi connectivity index (χ2n) is 8.07. The summed E-state index contributed by atoms with van der Waals surface area (Å²) < 4.78 is 0. The molecular weight excluding hydrogens is 322 g/mol. The molecule has 1 heterocycles. The van der Waals surface area contributed by atoms with E-state index in [4.69, 9.17) is 0 Å². The summed E-state index contributed by atoms with van der Waals surface area (Å²) in [6, 6.07) is 11.9. The van der Waals surface area contributed by atoms with E-state index in [0.29, 0.717) is 24.4 Å². The van der Waals surface area contributed by atoms with Crippen LogP contribution >= 0.6 is 0 Å². The Kier molecular flexibility index (Phi) is 6.49. The van der Waals surface area contributed by atoms with Gasteiger partial charge in [-0.1, -0.05) is 42.0 Å². The van der Waals surface area contributed by atoms with Crippen LogP contribution in [0.2, 0.25) is 0 Å². The summed E-state index contributed by atoms with van der Waals surface area (Å²) in [4.78, 5) is 15.8. The number of hydrogen-bond acceptors (Lipinski definition) is 3. The van der Waals surface area contributed by atoms with Crippen molar-refractivity contribution >= 4 is 12.0 Å². The first-order valence-electron chi connectivity index (χ1n) is 9.94. The SMILES string of the molecule is C/C(=C\c1ccccc1)C1CC1NC1CCN(CCC(=O)N(C)C)CC1. The molecule has 26 heavy (non-hydrogen) atoms. The zero-order chi connectivity index (χ0) is 18.5. The number of piperidine rings is 1. The first-order chi connectivity index (χ1) is 12.5. The number of carbonyl (C=O) groups excluding carboxylic acids is 1. The highest BCUT2D eigenvalue weighted by molar-refractivity contribution is 5.75. The topological polar surface area (TPSA) is 35.6 Å². The Morgan fingerprint density at radius 3 is 2.58 bits per heavy atom. The molecule has 2 fully saturated rings. The van der Waals surface area contributed by atoms with Gasteiger partial charge in [-0.2, -0.15) is 0 Å². The Morgan fingerprint density at radius 2 is 1.92 bits per heavy atom. The molecule has 3 rings (SSSR count). The van der Waals surface area contributed by atoms with Crippen molar-refractivity contribution in [3.8, 4) is 0 Å². The van der Waals surface area contributed by atoms with E-state index in [1.165, 1.54) is 30.4 Å². The van der Waals surface area contributed by atoms with Gasteiger partial charge in [-0.15, -0.1) is 0 Å². The Balaban J connectivity index is 1.37. The van der Waals surface area contributed by atoms with Crippen LogP contribution in [0.15, 0.2) is 35.9 Å². The van der Waals surface area contributed by atoms with Gasteiger partial charge in [0.2, 0.25) is 5.91 Å². The third-order valence-corrected chi connectivity index (χ3v) is 5.75. The molecule has 142 valence electrons. The fraction of sp³-hybridized carbons (Fsp3) is 0.591. The number of nitrogens with zero attached hydrogens (tertiary/aromatic N) is 2. The molecular formula is C22H33N3O. The van der Waals surface area contributed by atoms with Crippen molar-refractivity contribution < 1.29 is 4.79 Å². The van der Waals surface area contributed by atoms with Gasteiger partial charge in [-0.3, -0.25) is 4.79 Å². The van der Waals surface area contributed by atoms with Crippen LogP contribution in [0.4, 0.5) is 0 Å². The summed E-state index contributed by atoms with van der Waals surface area (Å²) >= 11 is 0. The number of hydrogen-bond donors (Lipinski definition) is 1. The van der Waals surface area contributed by atoms with E-state index in [1.54, 1.807) is 4.90 Å². The molecule has 4 heteroatoms. The van der Waals surface area contributed by atoms with Crippen molar-refractivity contribution in [2.75, 3.05) is 33.7 Å². The Hall–Kier alpha value is -1.65. The fourth-order valence-electron chi connectivity index (χ4n) is 3.90. The summed E-state index contributed by atoms with van der Waals surface area (Å²) in [7, 11) is 3.66. The van der Waals surface area contributed by atoms with Crippen LogP contribution in [0.5, 0.6) is 0 Å². The number of benzene rings is 1. The van der Waals surface area contributed by atoms with Gasteiger partial charge in [-0.05, 0) is 50.8 Å². The number of amides is 1. The van der Waals surface area contributed by atoms with Crippen LogP contribution in [0.1, 0.15) is 38.2 Å². The van der Waals surface area contributed by atoms with Crippen LogP contribution in [0.25, 0.3) is 6.08 Å². The third-order valence-electron chi connectivity index (χ3n) is 5.75. The van der Waals surface area contributed by atoms with Gasteiger partial charge in [0, 0.05) is 39.1 Å². The van der Waals surface area contributed by atoms with E-state index < -0.39 is 0 Å². The molecule has 1 aliphatic heterocycles. The lowest BCUT2D eigenvalue weighted by Gasteiger charge is -2.32. The van der Waals surface area contributed by atoms with Crippen LogP contribution in [-0.2, 0) is 4.79 Å². The largest absolute Gasteiger partial charge is 0.349 e. The normalized spacial score (nSPS) is 24.5. The van der Waals surface area contributed by atoms with Crippen molar-refractivity contribution in [2.45, 2.75) is 44.7 Å². The second-order valence-corrected chi connectivity index (χ2v) is 8.07. The minimum absolute atomic E-state index is 0.228. The maximum Gasteiger partial charge on any atom is 0.223 e. The lowest BCUT2D eigenvalue weighted by molar-refractivity contribution is -0.129. The van der Waals surface area contributed by atoms with E-state index >= 15 is 0 Å². The Bertz CT molecular complexity index is 618. The molecule has 0 spiro atoms. The van der Waals surface area contributed by atoms with Gasteiger partial charge in [0.1, 0.15) is 0 Å². The maximum atomic E-state index is 11.7. The summed E-state index contributed by atoms with van der Waals surface area (Å²) in [6.07, 6.45) is 6.63. The standard InChI is InChI=1S/C22H33N3O/c1-17(15-18-7-5-4-6-8-18)20-16-21(20)23-19-9-12-25(13-10-19)14-11-22(26)24(2)3/h4-8,15,19-21,23H,9-14,16H2,1-3H3/b17-15+. The predicted octanol–water partition coefficient (Wildman–Crippen LogP) is 3.01. The molecule has 1 aliphatic carbocycles. The lowest BCUT2D eigenvalue weighted by Crippen LogP contribution is -2.44. The Labute approximate surface area is 158 Å². The van der Waals surface area contributed by atoms with Crippen molar-refractivity contribution in [3.63, 3.8) is 0 Å². The molecule has 1 N–H and O–H groups in total. The zero-order valence-corrected chi connectivity index (χ0v) is 16.4. The first-order valence-corrected chi connectivity index (χ1v) is 9.94. The highest BCUT2D eigenvalue weighted by atomic mass is 16.2. The van der Waals surface area contributed by atoms with E-state index in [0.717, 1.165) is 19.6 Å². The summed E-state index contributed by atoms with van der Waals surface area (Å²) in [6.45, 7) is 5.38. The fourth-order valence-corrected chi connectivity index (χ4v) is 3.90. The maximum absolute atomic E-state index is 11.7. The minimum Gasteiger partial charge on any atom is -0.349 e. The number of rotatable bonds is 7. The number of carbonyl (C=O) groups is 1. The van der Waals surface area contributed by atoms with E-state index in [9.17, 15) is 4.79 Å². The van der Waals surface area contributed by atoms with Crippen LogP contribution < -0.4 is 5.32 Å². The average Bonchev–Trinajstić information content (AvgIpc) is 3.41. The van der Waals surface area contributed by atoms with Crippen molar-refractivity contribution in [1.29, 1.82) is 0 Å². The monoisotopic (exact) mass is 355 g/mol. The molecule has 1 aromatic carbocycles. The van der Waals surface area contributed by atoms with Gasteiger partial charge < -0.3 is 15.1 Å². The summed E-state index contributed by atoms with van der Waals surface area (Å²) in [5.74, 6) is 0.928. The van der Waals surface area contributed by atoms with Crippen LogP contribution in [0.3, 0.4) is 0 Å². The second kappa shape index (κ2) is 8.83. The molecule has 1 saturated carbocycles. The Morgan fingerprint density at radius 1 is 1.23 bits per heavy atom. The molecule has 2 aliphatic rings. The highest BCUT2D eigenvalue weighted by Crippen LogP contribution is 2.38. The van der Waals surface area contributed by atoms with Gasteiger partial charge in [0.15, 0.2) is 0 Å². The van der Waals surface area contributed by atoms with Gasteiger partial charge >= 0.3 is 0 Å². The van der Waals surface area contributed by atoms with Gasteiger partial charge in [0.25, 0.3) is 0 Å². The summed E-state index contributed by atoms with van der Waals surface area (Å²) in [5, 5.41) is 3.87. The lowest BCUT2D eigenvalue weighted by atomic mass is 10.0. The van der Waals surface area contributed by atoms with E-state index in [1.807, 2.05) is 14.1 Å². The van der Waals surface area contributed by atoms with Crippen molar-refractivity contribution in [2.24, 2.45) is 5.92 Å². The molecule has 0 radical (unpaired) electrons. The van der Waals surface area contributed by atoms with E-state index in [-0.39, 0.29) is 5.91 Å². The van der Waals surface area contributed by atoms with Crippen LogP contribution in [-0.4, -0.2) is 61.5 Å². The first kappa shape index (κ1) is 19.1. The van der Waals surface area contributed by atoms with E-state index in [2.05, 4.69) is 53.5 Å². The highest BCUT2D eigenvalue weighted by Gasteiger charge is 2.39. The molecule has 4 nitrogen and oxygen atoms in total. The third kappa shape index (κ3) is 5.42. The molecule has 2 atom stereocenters. The smallest absolute Gasteiger partial charge is 0.223 e. The number of nitrogens with one attached hydrogen (secondary N) is 1. The quantitative estimate of drug-likeness (QED) is 0.817. The van der Waals surface area contributed by atoms with Crippen molar-refractivity contribution in [1.82, 2.24) is 15.1 Å². The minimum atomic E-state index is 0.228. The molecule has 0 aromatic heterocycles. The number of likely N-dealkylation sites (tertiary alicyclic amines) is 1. The molecule has 2 unspecified atom stereocenters. The average molecular weight is 356 g/mol. The van der Waals surface area contributed by atoms with Gasteiger partial charge in [-0.25, -0.2) is 0 Å². The molecule has 0 bridgehead atoms. The van der Waals surface area contributed by atoms with Crippen LogP contribution in [0, 0.1) is 5.92 Å². The molecule has 1 amide bonds. The zero-order valence-electron chi connectivity index (χ0n) is 16.4. The van der Waals surface area contributed by atoms with Gasteiger partial charge in [0.05, 0.1) is 0 Å². The van der Waals surface area contributed by atoms with Crippen molar-refractivity contribution in [3.05, 3.63) is 41.5 Å². The predicted molar refractivity (Wildman–Crippen MR) is 108 cm³/mol. The summed E-state index contributed by atoms with van der Waals surface area (Å²) in [5.41, 5.74) is 2.80. The molecule has 1 saturated heterocycles.